The number of aryl methyl sites for hydroxylation is 2. The van der Waals surface area contributed by atoms with Crippen LogP contribution < -0.4 is 5.73 Å². The third-order valence-corrected chi connectivity index (χ3v) is 7.69. The Labute approximate surface area is 202 Å². The third-order valence-electron chi connectivity index (χ3n) is 5.20. The summed E-state index contributed by atoms with van der Waals surface area (Å²) >= 11 is 12.1. The molecule has 7 nitrogen and oxygen atoms in total. The minimum Gasteiger partial charge on any atom is -0.364 e. The lowest BCUT2D eigenvalue weighted by atomic mass is 10.2. The van der Waals surface area contributed by atoms with Gasteiger partial charge in [0, 0.05) is 23.6 Å². The van der Waals surface area contributed by atoms with Gasteiger partial charge in [-0.05, 0) is 67.3 Å². The van der Waals surface area contributed by atoms with Gasteiger partial charge >= 0.3 is 0 Å². The predicted octanol–water partition coefficient (Wildman–Crippen LogP) is 4.45. The Bertz CT molecular complexity index is 1360. The van der Waals surface area contributed by atoms with Crippen LogP contribution in [0.25, 0.3) is 0 Å². The molecule has 3 rings (SSSR count). The van der Waals surface area contributed by atoms with E-state index in [9.17, 15) is 18.0 Å². The SMILES string of the molecule is Cc1cc(C)cc(S(=O)(=O)c2c(C(N)=O)[nH]c(C(=O)N(C)Cc3ccc(Cl)cc3Cl)c2C)c1. The number of halogens is 2. The zero-order valence-corrected chi connectivity index (χ0v) is 20.8. The number of carbonyl (C=O) groups is 2. The Morgan fingerprint density at radius 3 is 2.15 bits per heavy atom. The summed E-state index contributed by atoms with van der Waals surface area (Å²) in [6.07, 6.45) is 0. The molecule has 0 saturated carbocycles. The largest absolute Gasteiger partial charge is 0.364 e. The summed E-state index contributed by atoms with van der Waals surface area (Å²) in [5, 5.41) is 0.853. The number of aromatic amines is 1. The molecule has 33 heavy (non-hydrogen) atoms. The van der Waals surface area contributed by atoms with Gasteiger partial charge < -0.3 is 15.6 Å². The van der Waals surface area contributed by atoms with E-state index in [0.29, 0.717) is 15.6 Å². The van der Waals surface area contributed by atoms with E-state index in [0.717, 1.165) is 11.1 Å². The van der Waals surface area contributed by atoms with Crippen LogP contribution in [0.4, 0.5) is 0 Å². The van der Waals surface area contributed by atoms with Gasteiger partial charge in [-0.3, -0.25) is 9.59 Å². The number of nitrogens with two attached hydrogens (primary N) is 1. The van der Waals surface area contributed by atoms with Crippen LogP contribution in [0.5, 0.6) is 0 Å². The quantitative estimate of drug-likeness (QED) is 0.512. The fourth-order valence-electron chi connectivity index (χ4n) is 3.67. The molecule has 0 aliphatic heterocycles. The normalized spacial score (nSPS) is 11.5. The van der Waals surface area contributed by atoms with E-state index in [-0.39, 0.29) is 33.3 Å². The molecular formula is C23H23Cl2N3O4S. The van der Waals surface area contributed by atoms with Gasteiger partial charge in [0.2, 0.25) is 9.84 Å². The maximum Gasteiger partial charge on any atom is 0.270 e. The van der Waals surface area contributed by atoms with Crippen LogP contribution in [0.15, 0.2) is 46.2 Å². The number of nitrogens with zero attached hydrogens (tertiary/aromatic N) is 1. The predicted molar refractivity (Wildman–Crippen MR) is 128 cm³/mol. The number of carbonyl (C=O) groups excluding carboxylic acids is 2. The Kier molecular flexibility index (Phi) is 6.93. The van der Waals surface area contributed by atoms with Crippen molar-refractivity contribution in [1.29, 1.82) is 0 Å². The van der Waals surface area contributed by atoms with Crippen molar-refractivity contribution in [3.05, 3.63) is 80.1 Å². The van der Waals surface area contributed by atoms with Gasteiger partial charge in [0.25, 0.3) is 11.8 Å². The van der Waals surface area contributed by atoms with E-state index in [1.54, 1.807) is 32.0 Å². The smallest absolute Gasteiger partial charge is 0.270 e. The first-order chi connectivity index (χ1) is 15.3. The van der Waals surface area contributed by atoms with E-state index in [1.165, 1.54) is 31.0 Å². The number of amides is 2. The molecule has 0 atom stereocenters. The van der Waals surface area contributed by atoms with Crippen molar-refractivity contribution >= 4 is 44.9 Å². The second-order valence-corrected chi connectivity index (χ2v) is 10.6. The first-order valence-corrected chi connectivity index (χ1v) is 12.1. The van der Waals surface area contributed by atoms with Crippen molar-refractivity contribution in [1.82, 2.24) is 9.88 Å². The number of benzene rings is 2. The molecule has 0 unspecified atom stereocenters. The Morgan fingerprint density at radius 2 is 1.61 bits per heavy atom. The highest BCUT2D eigenvalue weighted by atomic mass is 35.5. The monoisotopic (exact) mass is 507 g/mol. The maximum atomic E-state index is 13.5. The van der Waals surface area contributed by atoms with E-state index >= 15 is 0 Å². The molecule has 0 spiro atoms. The van der Waals surface area contributed by atoms with E-state index < -0.39 is 21.7 Å². The van der Waals surface area contributed by atoms with Crippen LogP contribution in [0.3, 0.4) is 0 Å². The fraction of sp³-hybridized carbons (Fsp3) is 0.217. The summed E-state index contributed by atoms with van der Waals surface area (Å²) in [4.78, 5) is 29.0. The molecule has 0 fully saturated rings. The molecule has 0 radical (unpaired) electrons. The van der Waals surface area contributed by atoms with Gasteiger partial charge in [-0.15, -0.1) is 0 Å². The second-order valence-electron chi connectivity index (χ2n) is 7.92. The minimum absolute atomic E-state index is 0.0184. The molecule has 174 valence electrons. The summed E-state index contributed by atoms with van der Waals surface area (Å²) in [6.45, 7) is 5.15. The molecule has 2 amide bonds. The third kappa shape index (κ3) is 4.93. The van der Waals surface area contributed by atoms with Gasteiger partial charge in [-0.1, -0.05) is 35.3 Å². The maximum absolute atomic E-state index is 13.5. The van der Waals surface area contributed by atoms with Gasteiger partial charge in [0.1, 0.15) is 16.3 Å². The molecule has 0 aliphatic carbocycles. The molecule has 2 aromatic carbocycles. The molecule has 1 heterocycles. The van der Waals surface area contributed by atoms with E-state index in [1.807, 2.05) is 6.07 Å². The highest BCUT2D eigenvalue weighted by Gasteiger charge is 2.33. The number of hydrogen-bond acceptors (Lipinski definition) is 4. The van der Waals surface area contributed by atoms with Gasteiger partial charge in [-0.2, -0.15) is 0 Å². The summed E-state index contributed by atoms with van der Waals surface area (Å²) in [6, 6.07) is 9.77. The molecule has 0 aliphatic rings. The summed E-state index contributed by atoms with van der Waals surface area (Å²) in [7, 11) is -2.60. The number of hydrogen-bond donors (Lipinski definition) is 2. The topological polar surface area (TPSA) is 113 Å². The summed E-state index contributed by atoms with van der Waals surface area (Å²) in [5.74, 6) is -1.51. The number of sulfone groups is 1. The van der Waals surface area contributed by atoms with Crippen LogP contribution in [-0.2, 0) is 16.4 Å². The first kappa shape index (κ1) is 24.8. The number of H-pyrrole nitrogens is 1. The Hall–Kier alpha value is -2.81. The highest BCUT2D eigenvalue weighted by Crippen LogP contribution is 2.31. The zero-order valence-electron chi connectivity index (χ0n) is 18.5. The van der Waals surface area contributed by atoms with E-state index in [4.69, 9.17) is 28.9 Å². The van der Waals surface area contributed by atoms with Crippen molar-refractivity contribution in [2.45, 2.75) is 37.1 Å². The van der Waals surface area contributed by atoms with Crippen molar-refractivity contribution < 1.29 is 18.0 Å². The lowest BCUT2D eigenvalue weighted by molar-refractivity contribution is 0.0779. The zero-order chi connectivity index (χ0) is 24.7. The first-order valence-electron chi connectivity index (χ1n) is 9.88. The molecule has 0 bridgehead atoms. The number of primary amides is 1. The molecular weight excluding hydrogens is 485 g/mol. The summed E-state index contributed by atoms with van der Waals surface area (Å²) < 4.78 is 27.0. The number of rotatable bonds is 6. The van der Waals surface area contributed by atoms with Crippen LogP contribution in [-0.4, -0.2) is 37.2 Å². The highest BCUT2D eigenvalue weighted by molar-refractivity contribution is 7.91. The van der Waals surface area contributed by atoms with Crippen molar-refractivity contribution in [3.8, 4) is 0 Å². The molecule has 3 aromatic rings. The van der Waals surface area contributed by atoms with Gasteiger partial charge in [-0.25, -0.2) is 8.42 Å². The van der Waals surface area contributed by atoms with Crippen LogP contribution in [0.1, 0.15) is 43.2 Å². The lowest BCUT2D eigenvalue weighted by Crippen LogP contribution is -2.27. The van der Waals surface area contributed by atoms with Gasteiger partial charge in [0.05, 0.1) is 4.90 Å². The fourth-order valence-corrected chi connectivity index (χ4v) is 5.99. The average Bonchev–Trinajstić information content (AvgIpc) is 3.07. The number of aromatic nitrogens is 1. The van der Waals surface area contributed by atoms with Crippen LogP contribution in [0, 0.1) is 20.8 Å². The Balaban J connectivity index is 2.07. The Morgan fingerprint density at radius 1 is 1.00 bits per heavy atom. The summed E-state index contributed by atoms with van der Waals surface area (Å²) in [5.41, 5.74) is 7.36. The van der Waals surface area contributed by atoms with Crippen LogP contribution in [0.2, 0.25) is 10.0 Å². The molecule has 10 heteroatoms. The molecule has 0 saturated heterocycles. The van der Waals surface area contributed by atoms with Crippen molar-refractivity contribution in [2.24, 2.45) is 5.73 Å². The van der Waals surface area contributed by atoms with Crippen LogP contribution >= 0.6 is 23.2 Å². The molecule has 3 N–H and O–H groups in total. The molecule has 1 aromatic heterocycles. The van der Waals surface area contributed by atoms with Crippen molar-refractivity contribution in [2.75, 3.05) is 7.05 Å². The average molecular weight is 508 g/mol. The standard InChI is InChI=1S/C23H23Cl2N3O4S/c1-12-7-13(2)9-17(8-12)33(31,32)21-14(3)19(27-20(21)22(26)29)23(30)28(4)11-15-5-6-16(24)10-18(15)25/h5-10,27H,11H2,1-4H3,(H2,26,29). The van der Waals surface area contributed by atoms with Gasteiger partial charge in [0.15, 0.2) is 0 Å². The lowest BCUT2D eigenvalue weighted by Gasteiger charge is -2.18. The van der Waals surface area contributed by atoms with Crippen molar-refractivity contribution in [3.63, 3.8) is 0 Å². The second kappa shape index (κ2) is 9.21. The van der Waals surface area contributed by atoms with E-state index in [2.05, 4.69) is 4.98 Å². The minimum atomic E-state index is -4.14. The number of nitrogens with one attached hydrogen (secondary N) is 1.